The van der Waals surface area contributed by atoms with Crippen molar-refractivity contribution in [1.82, 2.24) is 0 Å². The maximum atomic E-state index is 11.6. The quantitative estimate of drug-likeness (QED) is 0.496. The molecular weight excluding hydrogens is 222 g/mol. The summed E-state index contributed by atoms with van der Waals surface area (Å²) in [5.41, 5.74) is 6.36. The number of nitrogen functional groups attached to an aromatic ring is 1. The fourth-order valence-corrected chi connectivity index (χ4v) is 2.79. The summed E-state index contributed by atoms with van der Waals surface area (Å²) in [4.78, 5) is 12.7. The summed E-state index contributed by atoms with van der Waals surface area (Å²) >= 11 is 1.57. The van der Waals surface area contributed by atoms with Gasteiger partial charge in [0, 0.05) is 10.6 Å². The van der Waals surface area contributed by atoms with Gasteiger partial charge in [0.25, 0.3) is 0 Å². The van der Waals surface area contributed by atoms with Crippen molar-refractivity contribution in [1.29, 1.82) is 0 Å². The molecule has 86 valence electrons. The number of methoxy groups -OCH3 is 1. The molecule has 0 spiro atoms. The fourth-order valence-electron chi connectivity index (χ4n) is 1.54. The SMILES string of the molecule is COC(=O)C(Sc1ccc(N)cc1)C1CC1. The molecule has 1 fully saturated rings. The fraction of sp³-hybridized carbons (Fsp3) is 0.417. The van der Waals surface area contributed by atoms with E-state index in [1.165, 1.54) is 7.11 Å². The molecule has 1 atom stereocenters. The summed E-state index contributed by atoms with van der Waals surface area (Å²) in [6, 6.07) is 7.59. The van der Waals surface area contributed by atoms with Gasteiger partial charge in [0.05, 0.1) is 7.11 Å². The number of nitrogens with two attached hydrogens (primary N) is 1. The number of carbonyl (C=O) groups excluding carboxylic acids is 1. The van der Waals surface area contributed by atoms with Crippen LogP contribution >= 0.6 is 11.8 Å². The lowest BCUT2D eigenvalue weighted by atomic mass is 10.3. The predicted molar refractivity (Wildman–Crippen MR) is 65.2 cm³/mol. The molecule has 1 aliphatic carbocycles. The highest BCUT2D eigenvalue weighted by molar-refractivity contribution is 8.00. The summed E-state index contributed by atoms with van der Waals surface area (Å²) in [6.45, 7) is 0. The highest BCUT2D eigenvalue weighted by Crippen LogP contribution is 2.42. The van der Waals surface area contributed by atoms with Crippen LogP contribution in [0.1, 0.15) is 12.8 Å². The normalized spacial score (nSPS) is 16.8. The molecule has 0 heterocycles. The first-order valence-corrected chi connectivity index (χ1v) is 6.18. The smallest absolute Gasteiger partial charge is 0.319 e. The van der Waals surface area contributed by atoms with Crippen LogP contribution in [0.3, 0.4) is 0 Å². The lowest BCUT2D eigenvalue weighted by Crippen LogP contribution is -2.20. The number of rotatable bonds is 4. The van der Waals surface area contributed by atoms with Gasteiger partial charge < -0.3 is 10.5 Å². The molecule has 16 heavy (non-hydrogen) atoms. The van der Waals surface area contributed by atoms with Crippen molar-refractivity contribution in [3.8, 4) is 0 Å². The van der Waals surface area contributed by atoms with E-state index < -0.39 is 0 Å². The third-order valence-corrected chi connectivity index (χ3v) is 4.00. The molecular formula is C12H15NO2S. The Labute approximate surface area is 99.4 Å². The van der Waals surface area contributed by atoms with Gasteiger partial charge in [-0.1, -0.05) is 0 Å². The van der Waals surface area contributed by atoms with Gasteiger partial charge in [-0.15, -0.1) is 11.8 Å². The molecule has 1 unspecified atom stereocenters. The number of esters is 1. The van der Waals surface area contributed by atoms with E-state index in [0.717, 1.165) is 23.4 Å². The molecule has 1 aromatic carbocycles. The van der Waals surface area contributed by atoms with Crippen LogP contribution < -0.4 is 5.73 Å². The maximum absolute atomic E-state index is 11.6. The van der Waals surface area contributed by atoms with Gasteiger partial charge >= 0.3 is 5.97 Å². The number of anilines is 1. The summed E-state index contributed by atoms with van der Waals surface area (Å²) in [7, 11) is 1.45. The second-order valence-corrected chi connectivity index (χ2v) is 5.18. The summed E-state index contributed by atoms with van der Waals surface area (Å²) in [6.07, 6.45) is 2.25. The Morgan fingerprint density at radius 1 is 1.44 bits per heavy atom. The maximum Gasteiger partial charge on any atom is 0.319 e. The van der Waals surface area contributed by atoms with Gasteiger partial charge in [-0.05, 0) is 43.0 Å². The number of thioether (sulfide) groups is 1. The van der Waals surface area contributed by atoms with Crippen molar-refractivity contribution in [3.63, 3.8) is 0 Å². The van der Waals surface area contributed by atoms with Crippen molar-refractivity contribution < 1.29 is 9.53 Å². The molecule has 1 aliphatic rings. The van der Waals surface area contributed by atoms with Crippen molar-refractivity contribution in [3.05, 3.63) is 24.3 Å². The van der Waals surface area contributed by atoms with Crippen molar-refractivity contribution >= 4 is 23.4 Å². The molecule has 0 amide bonds. The summed E-state index contributed by atoms with van der Waals surface area (Å²) in [5.74, 6) is 0.360. The number of ether oxygens (including phenoxy) is 1. The van der Waals surface area contributed by atoms with Gasteiger partial charge in [-0.2, -0.15) is 0 Å². The minimum atomic E-state index is -0.121. The molecule has 4 heteroatoms. The number of benzene rings is 1. The van der Waals surface area contributed by atoms with Crippen molar-refractivity contribution in [2.45, 2.75) is 23.0 Å². The molecule has 0 saturated heterocycles. The van der Waals surface area contributed by atoms with Gasteiger partial charge in [0.2, 0.25) is 0 Å². The van der Waals surface area contributed by atoms with Gasteiger partial charge in [0.15, 0.2) is 0 Å². The predicted octanol–water partition coefficient (Wildman–Crippen LogP) is 2.31. The molecule has 0 radical (unpaired) electrons. The number of hydrogen-bond acceptors (Lipinski definition) is 4. The van der Waals surface area contributed by atoms with Gasteiger partial charge in [-0.3, -0.25) is 4.79 Å². The topological polar surface area (TPSA) is 52.3 Å². The van der Waals surface area contributed by atoms with Gasteiger partial charge in [-0.25, -0.2) is 0 Å². The molecule has 2 rings (SSSR count). The Balaban J connectivity index is 2.05. The second kappa shape index (κ2) is 4.78. The van der Waals surface area contributed by atoms with Crippen LogP contribution in [0.4, 0.5) is 5.69 Å². The van der Waals surface area contributed by atoms with E-state index in [0.29, 0.717) is 5.92 Å². The van der Waals surface area contributed by atoms with E-state index in [9.17, 15) is 4.79 Å². The first kappa shape index (κ1) is 11.3. The minimum Gasteiger partial charge on any atom is -0.468 e. The average Bonchev–Trinajstić information content (AvgIpc) is 3.11. The molecule has 0 aliphatic heterocycles. The third-order valence-electron chi connectivity index (χ3n) is 2.63. The Bertz CT molecular complexity index is 373. The Morgan fingerprint density at radius 2 is 2.06 bits per heavy atom. The van der Waals surface area contributed by atoms with E-state index in [4.69, 9.17) is 10.5 Å². The zero-order valence-electron chi connectivity index (χ0n) is 9.18. The second-order valence-electron chi connectivity index (χ2n) is 3.97. The van der Waals surface area contributed by atoms with Crippen LogP contribution in [0.2, 0.25) is 0 Å². The summed E-state index contributed by atoms with van der Waals surface area (Å²) < 4.78 is 4.83. The molecule has 1 aromatic rings. The van der Waals surface area contributed by atoms with E-state index in [1.54, 1.807) is 11.8 Å². The summed E-state index contributed by atoms with van der Waals surface area (Å²) in [5, 5.41) is -0.0615. The van der Waals surface area contributed by atoms with E-state index >= 15 is 0 Å². The Morgan fingerprint density at radius 3 is 2.56 bits per heavy atom. The molecule has 3 nitrogen and oxygen atoms in total. The molecule has 1 saturated carbocycles. The third kappa shape index (κ3) is 2.70. The Kier molecular flexibility index (Phi) is 3.39. The molecule has 2 N–H and O–H groups in total. The highest BCUT2D eigenvalue weighted by atomic mass is 32.2. The number of hydrogen-bond donors (Lipinski definition) is 1. The van der Waals surface area contributed by atoms with E-state index in [1.807, 2.05) is 24.3 Å². The lowest BCUT2D eigenvalue weighted by molar-refractivity contribution is -0.140. The average molecular weight is 237 g/mol. The molecule has 0 aromatic heterocycles. The van der Waals surface area contributed by atoms with Crippen molar-refractivity contribution in [2.24, 2.45) is 5.92 Å². The van der Waals surface area contributed by atoms with Crippen LogP contribution in [0.15, 0.2) is 29.2 Å². The highest BCUT2D eigenvalue weighted by Gasteiger charge is 2.37. The Hall–Kier alpha value is -1.16. The van der Waals surface area contributed by atoms with E-state index in [2.05, 4.69) is 0 Å². The van der Waals surface area contributed by atoms with Crippen LogP contribution in [0.5, 0.6) is 0 Å². The van der Waals surface area contributed by atoms with Crippen LogP contribution in [-0.4, -0.2) is 18.3 Å². The minimum absolute atomic E-state index is 0.0615. The van der Waals surface area contributed by atoms with E-state index in [-0.39, 0.29) is 11.2 Å². The van der Waals surface area contributed by atoms with Crippen LogP contribution in [0, 0.1) is 5.92 Å². The lowest BCUT2D eigenvalue weighted by Gasteiger charge is -2.13. The number of carbonyl (C=O) groups is 1. The zero-order valence-corrected chi connectivity index (χ0v) is 10.00. The van der Waals surface area contributed by atoms with Crippen LogP contribution in [-0.2, 0) is 9.53 Å². The first-order valence-electron chi connectivity index (χ1n) is 5.30. The first-order chi connectivity index (χ1) is 7.70. The van der Waals surface area contributed by atoms with Crippen LogP contribution in [0.25, 0.3) is 0 Å². The molecule has 0 bridgehead atoms. The monoisotopic (exact) mass is 237 g/mol. The zero-order chi connectivity index (χ0) is 11.5. The largest absolute Gasteiger partial charge is 0.468 e. The van der Waals surface area contributed by atoms with Gasteiger partial charge in [0.1, 0.15) is 5.25 Å². The van der Waals surface area contributed by atoms with Crippen molar-refractivity contribution in [2.75, 3.05) is 12.8 Å². The standard InChI is InChI=1S/C12H15NO2S/c1-15-12(14)11(8-2-3-8)16-10-6-4-9(13)5-7-10/h4-8,11H,2-3,13H2,1H3.